The van der Waals surface area contributed by atoms with Gasteiger partial charge in [0.2, 0.25) is 0 Å². The summed E-state index contributed by atoms with van der Waals surface area (Å²) in [5, 5.41) is 0. The monoisotopic (exact) mass is 284 g/mol. The van der Waals surface area contributed by atoms with Gasteiger partial charge in [-0.1, -0.05) is 42.5 Å². The second-order valence-electron chi connectivity index (χ2n) is 5.92. The van der Waals surface area contributed by atoms with Gasteiger partial charge in [0.25, 0.3) is 0 Å². The van der Waals surface area contributed by atoms with Crippen molar-refractivity contribution in [3.63, 3.8) is 0 Å². The molecule has 0 spiro atoms. The second-order valence-corrected chi connectivity index (χ2v) is 5.92. The van der Waals surface area contributed by atoms with Gasteiger partial charge in [0.1, 0.15) is 5.82 Å². The van der Waals surface area contributed by atoms with Gasteiger partial charge >= 0.3 is 0 Å². The SMILES string of the molecule is NC1(c2ccc(F)cc2)CCN(Cc2ccccc2)CC1. The highest BCUT2D eigenvalue weighted by atomic mass is 19.1. The summed E-state index contributed by atoms with van der Waals surface area (Å²) in [6.45, 7) is 2.92. The first-order valence-corrected chi connectivity index (χ1v) is 7.47. The average molecular weight is 284 g/mol. The number of hydrogen-bond acceptors (Lipinski definition) is 2. The molecule has 0 aliphatic carbocycles. The second kappa shape index (κ2) is 5.96. The molecule has 2 N–H and O–H groups in total. The van der Waals surface area contributed by atoms with Crippen LogP contribution in [0.15, 0.2) is 54.6 Å². The van der Waals surface area contributed by atoms with Crippen LogP contribution in [0.4, 0.5) is 4.39 Å². The van der Waals surface area contributed by atoms with Gasteiger partial charge in [-0.05, 0) is 36.1 Å². The Morgan fingerprint density at radius 2 is 1.57 bits per heavy atom. The number of rotatable bonds is 3. The van der Waals surface area contributed by atoms with Crippen LogP contribution in [0.5, 0.6) is 0 Å². The van der Waals surface area contributed by atoms with E-state index in [1.165, 1.54) is 17.7 Å². The highest BCUT2D eigenvalue weighted by molar-refractivity contribution is 5.25. The third kappa shape index (κ3) is 3.31. The van der Waals surface area contributed by atoms with Gasteiger partial charge in [-0.15, -0.1) is 0 Å². The first-order chi connectivity index (χ1) is 10.2. The van der Waals surface area contributed by atoms with E-state index in [4.69, 9.17) is 5.73 Å². The van der Waals surface area contributed by atoms with Crippen LogP contribution in [-0.4, -0.2) is 18.0 Å². The van der Waals surface area contributed by atoms with Crippen molar-refractivity contribution in [2.45, 2.75) is 24.9 Å². The van der Waals surface area contributed by atoms with Crippen molar-refractivity contribution in [3.05, 3.63) is 71.5 Å². The minimum atomic E-state index is -0.319. The summed E-state index contributed by atoms with van der Waals surface area (Å²) in [6.07, 6.45) is 1.82. The van der Waals surface area contributed by atoms with Crippen molar-refractivity contribution < 1.29 is 4.39 Å². The molecule has 1 heterocycles. The fourth-order valence-electron chi connectivity index (χ4n) is 3.02. The minimum absolute atomic E-state index is 0.205. The van der Waals surface area contributed by atoms with Crippen molar-refractivity contribution in [3.8, 4) is 0 Å². The molecule has 0 aromatic heterocycles. The third-order valence-corrected chi connectivity index (χ3v) is 4.42. The summed E-state index contributed by atoms with van der Waals surface area (Å²) in [5.41, 5.74) is 8.60. The van der Waals surface area contributed by atoms with Crippen LogP contribution in [0.2, 0.25) is 0 Å². The number of hydrogen-bond donors (Lipinski definition) is 1. The molecule has 2 aromatic rings. The first-order valence-electron chi connectivity index (χ1n) is 7.47. The molecule has 1 fully saturated rings. The van der Waals surface area contributed by atoms with E-state index in [1.807, 2.05) is 18.2 Å². The average Bonchev–Trinajstić information content (AvgIpc) is 2.51. The summed E-state index contributed by atoms with van der Waals surface area (Å²) < 4.78 is 13.0. The van der Waals surface area contributed by atoms with Gasteiger partial charge < -0.3 is 5.73 Å². The third-order valence-electron chi connectivity index (χ3n) is 4.42. The summed E-state index contributed by atoms with van der Waals surface area (Å²) >= 11 is 0. The summed E-state index contributed by atoms with van der Waals surface area (Å²) in [6, 6.07) is 17.1. The van der Waals surface area contributed by atoms with Crippen LogP contribution in [0.3, 0.4) is 0 Å². The maximum Gasteiger partial charge on any atom is 0.123 e. The molecule has 110 valence electrons. The lowest BCUT2D eigenvalue weighted by atomic mass is 9.82. The number of likely N-dealkylation sites (tertiary alicyclic amines) is 1. The molecule has 21 heavy (non-hydrogen) atoms. The normalized spacial score (nSPS) is 18.6. The van der Waals surface area contributed by atoms with Crippen LogP contribution >= 0.6 is 0 Å². The number of piperidine rings is 1. The predicted molar refractivity (Wildman–Crippen MR) is 83.2 cm³/mol. The van der Waals surface area contributed by atoms with E-state index in [-0.39, 0.29) is 11.4 Å². The van der Waals surface area contributed by atoms with Crippen LogP contribution in [0, 0.1) is 5.82 Å². The highest BCUT2D eigenvalue weighted by Crippen LogP contribution is 2.30. The minimum Gasteiger partial charge on any atom is -0.321 e. The zero-order chi connectivity index (χ0) is 14.7. The summed E-state index contributed by atoms with van der Waals surface area (Å²) in [4.78, 5) is 2.43. The van der Waals surface area contributed by atoms with Crippen molar-refractivity contribution in [1.82, 2.24) is 4.90 Å². The Kier molecular flexibility index (Phi) is 4.04. The Hall–Kier alpha value is -1.71. The van der Waals surface area contributed by atoms with Crippen LogP contribution in [0.25, 0.3) is 0 Å². The highest BCUT2D eigenvalue weighted by Gasteiger charge is 2.32. The quantitative estimate of drug-likeness (QED) is 0.937. The largest absolute Gasteiger partial charge is 0.321 e. The molecule has 1 aliphatic rings. The lowest BCUT2D eigenvalue weighted by molar-refractivity contribution is 0.155. The van der Waals surface area contributed by atoms with Crippen molar-refractivity contribution in [1.29, 1.82) is 0 Å². The van der Waals surface area contributed by atoms with E-state index in [2.05, 4.69) is 29.2 Å². The number of nitrogens with two attached hydrogens (primary N) is 1. The maximum absolute atomic E-state index is 13.0. The van der Waals surface area contributed by atoms with Crippen LogP contribution < -0.4 is 5.73 Å². The number of nitrogens with zero attached hydrogens (tertiary/aromatic N) is 1. The van der Waals surface area contributed by atoms with Crippen molar-refractivity contribution in [2.75, 3.05) is 13.1 Å². The lowest BCUT2D eigenvalue weighted by Gasteiger charge is -2.39. The number of halogens is 1. The van der Waals surface area contributed by atoms with Gasteiger partial charge in [0, 0.05) is 25.2 Å². The molecule has 3 heteroatoms. The molecular weight excluding hydrogens is 263 g/mol. The molecule has 2 aromatic carbocycles. The maximum atomic E-state index is 13.0. The van der Waals surface area contributed by atoms with Gasteiger partial charge in [-0.25, -0.2) is 4.39 Å². The predicted octanol–water partition coefficient (Wildman–Crippen LogP) is 3.28. The van der Waals surface area contributed by atoms with E-state index in [0.717, 1.165) is 38.0 Å². The van der Waals surface area contributed by atoms with E-state index < -0.39 is 0 Å². The van der Waals surface area contributed by atoms with Gasteiger partial charge in [-0.3, -0.25) is 4.90 Å². The van der Waals surface area contributed by atoms with Gasteiger partial charge in [0.05, 0.1) is 0 Å². The molecule has 0 unspecified atom stereocenters. The Bertz CT molecular complexity index is 572. The molecule has 0 amide bonds. The molecule has 0 saturated carbocycles. The van der Waals surface area contributed by atoms with E-state index in [1.54, 1.807) is 0 Å². The van der Waals surface area contributed by atoms with E-state index in [9.17, 15) is 4.39 Å². The van der Waals surface area contributed by atoms with Crippen LogP contribution in [-0.2, 0) is 12.1 Å². The topological polar surface area (TPSA) is 29.3 Å². The van der Waals surface area contributed by atoms with Crippen molar-refractivity contribution in [2.24, 2.45) is 5.73 Å². The number of benzene rings is 2. The van der Waals surface area contributed by atoms with E-state index in [0.29, 0.717) is 0 Å². The molecular formula is C18H21FN2. The Balaban J connectivity index is 1.63. The molecule has 1 saturated heterocycles. The fourth-order valence-corrected chi connectivity index (χ4v) is 3.02. The Morgan fingerprint density at radius 3 is 2.19 bits per heavy atom. The van der Waals surface area contributed by atoms with Gasteiger partial charge in [-0.2, -0.15) is 0 Å². The molecule has 0 atom stereocenters. The van der Waals surface area contributed by atoms with Gasteiger partial charge in [0.15, 0.2) is 0 Å². The van der Waals surface area contributed by atoms with Crippen LogP contribution in [0.1, 0.15) is 24.0 Å². The Labute approximate surface area is 125 Å². The Morgan fingerprint density at radius 1 is 0.952 bits per heavy atom. The summed E-state index contributed by atoms with van der Waals surface area (Å²) in [7, 11) is 0. The fraction of sp³-hybridized carbons (Fsp3) is 0.333. The molecule has 3 rings (SSSR count). The molecule has 2 nitrogen and oxygen atoms in total. The van der Waals surface area contributed by atoms with Crippen molar-refractivity contribution >= 4 is 0 Å². The smallest absolute Gasteiger partial charge is 0.123 e. The lowest BCUT2D eigenvalue weighted by Crippen LogP contribution is -2.47. The molecule has 0 radical (unpaired) electrons. The zero-order valence-electron chi connectivity index (χ0n) is 12.1. The van der Waals surface area contributed by atoms with E-state index >= 15 is 0 Å². The molecule has 0 bridgehead atoms. The summed E-state index contributed by atoms with van der Waals surface area (Å²) in [5.74, 6) is -0.205. The standard InChI is InChI=1S/C18H21FN2/c19-17-8-6-16(7-9-17)18(20)10-12-21(13-11-18)14-15-4-2-1-3-5-15/h1-9H,10-14,20H2. The molecule has 1 aliphatic heterocycles. The zero-order valence-corrected chi connectivity index (χ0v) is 12.1. The first kappa shape index (κ1) is 14.2.